The van der Waals surface area contributed by atoms with Crippen LogP contribution in [0.1, 0.15) is 26.7 Å². The van der Waals surface area contributed by atoms with Crippen LogP contribution in [0, 0.1) is 11.8 Å². The van der Waals surface area contributed by atoms with Crippen LogP contribution in [0.15, 0.2) is 41.7 Å². The van der Waals surface area contributed by atoms with Gasteiger partial charge in [-0.3, -0.25) is 14.3 Å². The Labute approximate surface area is 143 Å². The van der Waals surface area contributed by atoms with Crippen molar-refractivity contribution in [3.63, 3.8) is 0 Å². The van der Waals surface area contributed by atoms with Crippen molar-refractivity contribution in [2.24, 2.45) is 11.8 Å². The summed E-state index contributed by atoms with van der Waals surface area (Å²) in [5, 5.41) is 0. The van der Waals surface area contributed by atoms with E-state index < -0.39 is 0 Å². The molecule has 24 heavy (non-hydrogen) atoms. The van der Waals surface area contributed by atoms with Crippen LogP contribution in [0.4, 0.5) is 0 Å². The largest absolute Gasteiger partial charge is 0.303 e. The molecule has 2 aromatic rings. The number of aromatic nitrogens is 3. The molecule has 0 aromatic carbocycles. The van der Waals surface area contributed by atoms with Gasteiger partial charge in [-0.25, -0.2) is 4.98 Å². The lowest BCUT2D eigenvalue weighted by Crippen LogP contribution is -2.38. The fourth-order valence-electron chi connectivity index (χ4n) is 3.38. The van der Waals surface area contributed by atoms with Crippen molar-refractivity contribution < 1.29 is 0 Å². The van der Waals surface area contributed by atoms with Crippen LogP contribution >= 0.6 is 0 Å². The lowest BCUT2D eigenvalue weighted by Gasteiger charge is -2.33. The van der Waals surface area contributed by atoms with E-state index in [0.29, 0.717) is 17.5 Å². The van der Waals surface area contributed by atoms with Gasteiger partial charge in [0.15, 0.2) is 0 Å². The SMILES string of the molecule is CC(C)CN1CCC(Cn2cnc(-c3cccnc3)cc2=O)CC1. The third kappa shape index (κ3) is 4.29. The quantitative estimate of drug-likeness (QED) is 0.848. The first kappa shape index (κ1) is 16.8. The summed E-state index contributed by atoms with van der Waals surface area (Å²) in [6.45, 7) is 8.75. The Morgan fingerprint density at radius 1 is 1.29 bits per heavy atom. The minimum absolute atomic E-state index is 0.0217. The molecule has 1 saturated heterocycles. The normalized spacial score (nSPS) is 16.6. The van der Waals surface area contributed by atoms with Gasteiger partial charge in [-0.1, -0.05) is 13.8 Å². The number of hydrogen-bond acceptors (Lipinski definition) is 4. The minimum Gasteiger partial charge on any atom is -0.303 e. The van der Waals surface area contributed by atoms with Crippen LogP contribution in [0.5, 0.6) is 0 Å². The minimum atomic E-state index is 0.0217. The van der Waals surface area contributed by atoms with Gasteiger partial charge in [0.25, 0.3) is 5.56 Å². The predicted octanol–water partition coefficient (Wildman–Crippen LogP) is 2.67. The van der Waals surface area contributed by atoms with Crippen molar-refractivity contribution in [2.45, 2.75) is 33.2 Å². The molecular weight excluding hydrogens is 300 g/mol. The number of hydrogen-bond donors (Lipinski definition) is 0. The average Bonchev–Trinajstić information content (AvgIpc) is 2.59. The number of piperidine rings is 1. The fraction of sp³-hybridized carbons (Fsp3) is 0.526. The first-order valence-electron chi connectivity index (χ1n) is 8.81. The van der Waals surface area contributed by atoms with Crippen molar-refractivity contribution in [2.75, 3.05) is 19.6 Å². The molecule has 0 N–H and O–H groups in total. The molecule has 2 aromatic heterocycles. The summed E-state index contributed by atoms with van der Waals surface area (Å²) in [6, 6.07) is 5.39. The monoisotopic (exact) mass is 326 g/mol. The highest BCUT2D eigenvalue weighted by Gasteiger charge is 2.20. The molecule has 3 heterocycles. The van der Waals surface area contributed by atoms with Crippen molar-refractivity contribution in [1.29, 1.82) is 0 Å². The molecule has 0 unspecified atom stereocenters. The van der Waals surface area contributed by atoms with Crippen molar-refractivity contribution in [3.05, 3.63) is 47.3 Å². The number of rotatable bonds is 5. The third-order valence-corrected chi connectivity index (χ3v) is 4.62. The van der Waals surface area contributed by atoms with E-state index in [9.17, 15) is 4.79 Å². The molecule has 0 atom stereocenters. The Kier molecular flexibility index (Phi) is 5.41. The van der Waals surface area contributed by atoms with E-state index in [1.54, 1.807) is 29.4 Å². The zero-order valence-electron chi connectivity index (χ0n) is 14.6. The highest BCUT2D eigenvalue weighted by Crippen LogP contribution is 2.19. The van der Waals surface area contributed by atoms with Crippen LogP contribution in [-0.4, -0.2) is 39.1 Å². The van der Waals surface area contributed by atoms with Crippen molar-refractivity contribution in [3.8, 4) is 11.3 Å². The zero-order valence-corrected chi connectivity index (χ0v) is 14.6. The molecule has 0 amide bonds. The van der Waals surface area contributed by atoms with Gasteiger partial charge in [0.1, 0.15) is 0 Å². The van der Waals surface area contributed by atoms with Crippen LogP contribution in [0.3, 0.4) is 0 Å². The summed E-state index contributed by atoms with van der Waals surface area (Å²) in [7, 11) is 0. The van der Waals surface area contributed by atoms with E-state index in [0.717, 1.165) is 38.0 Å². The first-order chi connectivity index (χ1) is 11.6. The molecule has 1 aliphatic heterocycles. The maximum Gasteiger partial charge on any atom is 0.253 e. The Bertz CT molecular complexity index is 703. The van der Waals surface area contributed by atoms with E-state index in [1.807, 2.05) is 12.1 Å². The van der Waals surface area contributed by atoms with Gasteiger partial charge in [0, 0.05) is 37.1 Å². The Morgan fingerprint density at radius 3 is 2.71 bits per heavy atom. The summed E-state index contributed by atoms with van der Waals surface area (Å²) < 4.78 is 1.75. The van der Waals surface area contributed by atoms with E-state index in [-0.39, 0.29) is 5.56 Å². The van der Waals surface area contributed by atoms with Gasteiger partial charge in [-0.15, -0.1) is 0 Å². The highest BCUT2D eigenvalue weighted by atomic mass is 16.1. The van der Waals surface area contributed by atoms with Gasteiger partial charge in [-0.05, 0) is 49.9 Å². The van der Waals surface area contributed by atoms with E-state index in [1.165, 1.54) is 6.54 Å². The fourth-order valence-corrected chi connectivity index (χ4v) is 3.38. The van der Waals surface area contributed by atoms with E-state index in [2.05, 4.69) is 28.7 Å². The Balaban J connectivity index is 1.62. The smallest absolute Gasteiger partial charge is 0.253 e. The van der Waals surface area contributed by atoms with Crippen molar-refractivity contribution in [1.82, 2.24) is 19.4 Å². The highest BCUT2D eigenvalue weighted by molar-refractivity contribution is 5.56. The first-order valence-corrected chi connectivity index (χ1v) is 8.81. The van der Waals surface area contributed by atoms with Crippen molar-refractivity contribution >= 4 is 0 Å². The maximum absolute atomic E-state index is 12.4. The van der Waals surface area contributed by atoms with E-state index >= 15 is 0 Å². The lowest BCUT2D eigenvalue weighted by molar-refractivity contribution is 0.158. The molecule has 0 bridgehead atoms. The topological polar surface area (TPSA) is 51.0 Å². The summed E-state index contributed by atoms with van der Waals surface area (Å²) in [5.74, 6) is 1.28. The summed E-state index contributed by atoms with van der Waals surface area (Å²) in [4.78, 5) is 23.4. The molecule has 5 heteroatoms. The van der Waals surface area contributed by atoms with Crippen LogP contribution in [0.25, 0.3) is 11.3 Å². The molecule has 5 nitrogen and oxygen atoms in total. The third-order valence-electron chi connectivity index (χ3n) is 4.62. The van der Waals surface area contributed by atoms with Gasteiger partial charge in [0.05, 0.1) is 12.0 Å². The maximum atomic E-state index is 12.4. The number of pyridine rings is 1. The molecular formula is C19H26N4O. The number of likely N-dealkylation sites (tertiary alicyclic amines) is 1. The molecule has 1 aliphatic rings. The standard InChI is InChI=1S/C19H26N4O/c1-15(2)12-22-8-5-16(6-9-22)13-23-14-21-18(10-19(23)24)17-4-3-7-20-11-17/h3-4,7,10-11,14-16H,5-6,8-9,12-13H2,1-2H3. The van der Waals surface area contributed by atoms with Gasteiger partial charge < -0.3 is 4.90 Å². The second-order valence-electron chi connectivity index (χ2n) is 7.14. The molecule has 128 valence electrons. The van der Waals surface area contributed by atoms with E-state index in [4.69, 9.17) is 0 Å². The Hall–Kier alpha value is -2.01. The van der Waals surface area contributed by atoms with Crippen LogP contribution < -0.4 is 5.56 Å². The summed E-state index contributed by atoms with van der Waals surface area (Å²) in [5.41, 5.74) is 1.59. The van der Waals surface area contributed by atoms with Crippen LogP contribution in [0.2, 0.25) is 0 Å². The average molecular weight is 326 g/mol. The molecule has 1 fully saturated rings. The second-order valence-corrected chi connectivity index (χ2v) is 7.14. The van der Waals surface area contributed by atoms with Gasteiger partial charge >= 0.3 is 0 Å². The number of nitrogens with zero attached hydrogens (tertiary/aromatic N) is 4. The summed E-state index contributed by atoms with van der Waals surface area (Å²) in [6.07, 6.45) is 7.45. The van der Waals surface area contributed by atoms with Gasteiger partial charge in [0.2, 0.25) is 0 Å². The van der Waals surface area contributed by atoms with Crippen LogP contribution in [-0.2, 0) is 6.54 Å². The molecule has 0 radical (unpaired) electrons. The summed E-state index contributed by atoms with van der Waals surface area (Å²) >= 11 is 0. The lowest BCUT2D eigenvalue weighted by atomic mass is 9.96. The molecule has 3 rings (SSSR count). The van der Waals surface area contributed by atoms with Gasteiger partial charge in [-0.2, -0.15) is 0 Å². The molecule has 0 aliphatic carbocycles. The predicted molar refractivity (Wildman–Crippen MR) is 95.7 cm³/mol. The zero-order chi connectivity index (χ0) is 16.9. The molecule has 0 saturated carbocycles. The molecule has 0 spiro atoms. The second kappa shape index (κ2) is 7.71. The Morgan fingerprint density at radius 2 is 2.08 bits per heavy atom.